The van der Waals surface area contributed by atoms with Crippen LogP contribution in [-0.4, -0.2) is 13.7 Å². The normalized spacial score (nSPS) is 9.89. The maximum absolute atomic E-state index is 4.92. The second-order valence-electron chi connectivity index (χ2n) is 1.87. The molecule has 0 atom stereocenters. The van der Waals surface area contributed by atoms with Gasteiger partial charge in [0.2, 0.25) is 0 Å². The highest BCUT2D eigenvalue weighted by Crippen LogP contribution is 2.05. The molecule has 0 amide bonds. The lowest BCUT2D eigenvalue weighted by molar-refractivity contribution is 0.202. The zero-order valence-corrected chi connectivity index (χ0v) is 6.28. The third-order valence-electron chi connectivity index (χ3n) is 1.17. The zero-order chi connectivity index (χ0) is 6.53. The number of rotatable bonds is 3. The van der Waals surface area contributed by atoms with Crippen molar-refractivity contribution in [2.24, 2.45) is 0 Å². The van der Waals surface area contributed by atoms with E-state index in [9.17, 15) is 0 Å². The molecule has 0 radical (unpaired) electrons. The molecule has 0 unspecified atom stereocenters. The van der Waals surface area contributed by atoms with Crippen LogP contribution in [0, 0.1) is 0 Å². The van der Waals surface area contributed by atoms with Gasteiger partial charge in [-0.25, -0.2) is 0 Å². The second kappa shape index (κ2) is 3.64. The minimum atomic E-state index is 0.830. The molecule has 1 rings (SSSR count). The van der Waals surface area contributed by atoms with E-state index < -0.39 is 0 Å². The Balaban J connectivity index is 2.30. The maximum atomic E-state index is 4.92. The molecule has 0 spiro atoms. The molecule has 1 nitrogen and oxygen atoms in total. The predicted octanol–water partition coefficient (Wildman–Crippen LogP) is 1.94. The van der Waals surface area contributed by atoms with Gasteiger partial charge >= 0.3 is 0 Å². The largest absolute Gasteiger partial charge is 0.384 e. The van der Waals surface area contributed by atoms with Crippen LogP contribution in [0.5, 0.6) is 0 Å². The third-order valence-corrected chi connectivity index (χ3v) is 1.91. The molecular formula is C7H10OS. The Morgan fingerprint density at radius 2 is 2.56 bits per heavy atom. The first kappa shape index (κ1) is 6.78. The Morgan fingerprint density at radius 3 is 3.11 bits per heavy atom. The topological polar surface area (TPSA) is 9.23 Å². The molecule has 2 heteroatoms. The predicted molar refractivity (Wildman–Crippen MR) is 39.9 cm³/mol. The molecule has 0 aromatic carbocycles. The standard InChI is InChI=1S/C7H10OS/c1-8-4-2-7-3-5-9-6-7/h3,5-6H,2,4H2,1H3. The first-order chi connectivity index (χ1) is 4.43. The Hall–Kier alpha value is -0.340. The third kappa shape index (κ3) is 2.16. The van der Waals surface area contributed by atoms with Crippen molar-refractivity contribution in [2.45, 2.75) is 6.42 Å². The van der Waals surface area contributed by atoms with Gasteiger partial charge < -0.3 is 4.74 Å². The SMILES string of the molecule is COCCc1ccsc1. The van der Waals surface area contributed by atoms with E-state index in [4.69, 9.17) is 4.74 Å². The average molecular weight is 142 g/mol. The minimum absolute atomic E-state index is 0.830. The van der Waals surface area contributed by atoms with Gasteiger partial charge in [-0.05, 0) is 28.8 Å². The van der Waals surface area contributed by atoms with Gasteiger partial charge in [0.1, 0.15) is 0 Å². The van der Waals surface area contributed by atoms with Crippen LogP contribution in [0.2, 0.25) is 0 Å². The Bertz CT molecular complexity index is 146. The molecule has 0 saturated carbocycles. The monoisotopic (exact) mass is 142 g/mol. The molecule has 0 saturated heterocycles. The first-order valence-electron chi connectivity index (χ1n) is 2.93. The van der Waals surface area contributed by atoms with Crippen LogP contribution >= 0.6 is 11.3 Å². The van der Waals surface area contributed by atoms with E-state index in [-0.39, 0.29) is 0 Å². The van der Waals surface area contributed by atoms with Crippen molar-refractivity contribution in [2.75, 3.05) is 13.7 Å². The summed E-state index contributed by atoms with van der Waals surface area (Å²) >= 11 is 1.73. The lowest BCUT2D eigenvalue weighted by atomic mass is 10.3. The van der Waals surface area contributed by atoms with Gasteiger partial charge in [0.25, 0.3) is 0 Å². The van der Waals surface area contributed by atoms with Gasteiger partial charge in [-0.15, -0.1) is 0 Å². The van der Waals surface area contributed by atoms with Crippen molar-refractivity contribution in [3.8, 4) is 0 Å². The van der Waals surface area contributed by atoms with Gasteiger partial charge in [0.15, 0.2) is 0 Å². The van der Waals surface area contributed by atoms with Crippen LogP contribution in [-0.2, 0) is 11.2 Å². The number of ether oxygens (including phenoxy) is 1. The summed E-state index contributed by atoms with van der Waals surface area (Å²) in [7, 11) is 1.73. The van der Waals surface area contributed by atoms with E-state index in [1.54, 1.807) is 18.4 Å². The van der Waals surface area contributed by atoms with E-state index >= 15 is 0 Å². The zero-order valence-electron chi connectivity index (χ0n) is 5.46. The molecule has 0 aliphatic rings. The lowest BCUT2D eigenvalue weighted by Gasteiger charge is -1.92. The number of methoxy groups -OCH3 is 1. The molecular weight excluding hydrogens is 132 g/mol. The van der Waals surface area contributed by atoms with Crippen molar-refractivity contribution in [1.82, 2.24) is 0 Å². The van der Waals surface area contributed by atoms with Gasteiger partial charge in [0, 0.05) is 7.11 Å². The number of thiophene rings is 1. The van der Waals surface area contributed by atoms with Crippen LogP contribution in [0.15, 0.2) is 16.8 Å². The molecule has 0 aliphatic carbocycles. The van der Waals surface area contributed by atoms with Crippen LogP contribution in [0.4, 0.5) is 0 Å². The van der Waals surface area contributed by atoms with E-state index in [1.165, 1.54) is 5.56 Å². The van der Waals surface area contributed by atoms with Crippen LogP contribution in [0.1, 0.15) is 5.56 Å². The fraction of sp³-hybridized carbons (Fsp3) is 0.429. The molecule has 50 valence electrons. The maximum Gasteiger partial charge on any atom is 0.0502 e. The first-order valence-corrected chi connectivity index (χ1v) is 3.88. The Morgan fingerprint density at radius 1 is 1.67 bits per heavy atom. The van der Waals surface area contributed by atoms with E-state index in [1.807, 2.05) is 0 Å². The smallest absolute Gasteiger partial charge is 0.0502 e. The molecule has 9 heavy (non-hydrogen) atoms. The minimum Gasteiger partial charge on any atom is -0.384 e. The molecule has 0 aliphatic heterocycles. The summed E-state index contributed by atoms with van der Waals surface area (Å²) in [5.74, 6) is 0. The van der Waals surface area contributed by atoms with Crippen molar-refractivity contribution in [1.29, 1.82) is 0 Å². The van der Waals surface area contributed by atoms with Gasteiger partial charge in [-0.2, -0.15) is 11.3 Å². The number of hydrogen-bond acceptors (Lipinski definition) is 2. The fourth-order valence-electron chi connectivity index (χ4n) is 0.655. The highest BCUT2D eigenvalue weighted by atomic mass is 32.1. The van der Waals surface area contributed by atoms with E-state index in [0.29, 0.717) is 0 Å². The van der Waals surface area contributed by atoms with E-state index in [0.717, 1.165) is 13.0 Å². The average Bonchev–Trinajstić information content (AvgIpc) is 2.34. The van der Waals surface area contributed by atoms with Crippen molar-refractivity contribution >= 4 is 11.3 Å². The summed E-state index contributed by atoms with van der Waals surface area (Å²) in [6, 6.07) is 2.13. The molecule has 1 aromatic rings. The van der Waals surface area contributed by atoms with E-state index in [2.05, 4.69) is 16.8 Å². The Labute approximate surface area is 59.3 Å². The van der Waals surface area contributed by atoms with Crippen molar-refractivity contribution < 1.29 is 4.74 Å². The Kier molecular flexibility index (Phi) is 2.74. The fourth-order valence-corrected chi connectivity index (χ4v) is 1.36. The van der Waals surface area contributed by atoms with Crippen molar-refractivity contribution in [3.63, 3.8) is 0 Å². The summed E-state index contributed by atoms with van der Waals surface area (Å²) in [5.41, 5.74) is 1.38. The highest BCUT2D eigenvalue weighted by Gasteiger charge is 1.89. The van der Waals surface area contributed by atoms with Gasteiger partial charge in [-0.3, -0.25) is 0 Å². The van der Waals surface area contributed by atoms with Crippen molar-refractivity contribution in [3.05, 3.63) is 22.4 Å². The van der Waals surface area contributed by atoms with Crippen LogP contribution in [0.25, 0.3) is 0 Å². The summed E-state index contributed by atoms with van der Waals surface area (Å²) in [4.78, 5) is 0. The van der Waals surface area contributed by atoms with Crippen LogP contribution in [0.3, 0.4) is 0 Å². The van der Waals surface area contributed by atoms with Gasteiger partial charge in [0.05, 0.1) is 6.61 Å². The molecule has 0 fully saturated rings. The number of hydrogen-bond donors (Lipinski definition) is 0. The van der Waals surface area contributed by atoms with Gasteiger partial charge in [-0.1, -0.05) is 0 Å². The molecule has 1 heterocycles. The lowest BCUT2D eigenvalue weighted by Crippen LogP contribution is -1.91. The quantitative estimate of drug-likeness (QED) is 0.626. The van der Waals surface area contributed by atoms with Crippen LogP contribution < -0.4 is 0 Å². The summed E-state index contributed by atoms with van der Waals surface area (Å²) in [6.07, 6.45) is 1.04. The highest BCUT2D eigenvalue weighted by molar-refractivity contribution is 7.07. The molecule has 1 aromatic heterocycles. The molecule has 0 bridgehead atoms. The summed E-state index contributed by atoms with van der Waals surface area (Å²) in [6.45, 7) is 0.830. The molecule has 0 N–H and O–H groups in total. The summed E-state index contributed by atoms with van der Waals surface area (Å²) < 4.78 is 4.92. The summed E-state index contributed by atoms with van der Waals surface area (Å²) in [5, 5.41) is 4.24. The second-order valence-corrected chi connectivity index (χ2v) is 2.65.